The Hall–Kier alpha value is -5.99. The quantitative estimate of drug-likeness (QED) is 0.205. The fraction of sp³-hybridized carbons (Fsp3) is 0. The molecule has 0 saturated heterocycles. The van der Waals surface area contributed by atoms with Gasteiger partial charge in [0.1, 0.15) is 0 Å². The first-order valence-corrected chi connectivity index (χ1v) is 15.4. The lowest BCUT2D eigenvalue weighted by Gasteiger charge is -2.11. The average molecular weight is 573 g/mol. The van der Waals surface area contributed by atoms with Crippen LogP contribution in [0, 0.1) is 0 Å². The van der Waals surface area contributed by atoms with E-state index in [4.69, 9.17) is 0 Å². The maximum atomic E-state index is 4.36. The molecule has 2 aromatic heterocycles. The predicted molar refractivity (Wildman–Crippen MR) is 190 cm³/mol. The van der Waals surface area contributed by atoms with Crippen molar-refractivity contribution < 1.29 is 0 Å². The van der Waals surface area contributed by atoms with E-state index >= 15 is 0 Å². The second-order valence-corrected chi connectivity index (χ2v) is 11.7. The minimum atomic E-state index is 1.12. The fourth-order valence-electron chi connectivity index (χ4n) is 6.80. The standard InChI is InChI=1S/C43H28N2/c1-2-10-38(11-3-1)45-42-27-35(37-9-6-24-44-28-37)19-22-40(42)41-23-20-36-26-34(18-21-39(36)43(41)45)31-14-12-30(13-15-31)33-17-16-29-7-4-5-8-32(29)25-33/h1-28H. The van der Waals surface area contributed by atoms with Crippen molar-refractivity contribution >= 4 is 43.4 Å². The first kappa shape index (κ1) is 25.5. The molecule has 0 bridgehead atoms. The Morgan fingerprint density at radius 2 is 0.978 bits per heavy atom. The third-order valence-electron chi connectivity index (χ3n) is 9.05. The lowest BCUT2D eigenvalue weighted by atomic mass is 9.96. The minimum Gasteiger partial charge on any atom is -0.309 e. The lowest BCUT2D eigenvalue weighted by molar-refractivity contribution is 1.19. The Balaban J connectivity index is 1.18. The summed E-state index contributed by atoms with van der Waals surface area (Å²) in [6.45, 7) is 0. The summed E-state index contributed by atoms with van der Waals surface area (Å²) in [7, 11) is 0. The highest BCUT2D eigenvalue weighted by atomic mass is 15.0. The van der Waals surface area contributed by atoms with E-state index in [0.717, 1.165) is 16.8 Å². The molecule has 2 nitrogen and oxygen atoms in total. The molecule has 0 unspecified atom stereocenters. The van der Waals surface area contributed by atoms with Gasteiger partial charge in [-0.1, -0.05) is 121 Å². The van der Waals surface area contributed by atoms with Gasteiger partial charge < -0.3 is 4.57 Å². The van der Waals surface area contributed by atoms with Crippen molar-refractivity contribution in [3.8, 4) is 39.1 Å². The number of pyridine rings is 1. The second-order valence-electron chi connectivity index (χ2n) is 11.7. The maximum Gasteiger partial charge on any atom is 0.0619 e. The van der Waals surface area contributed by atoms with Crippen LogP contribution in [0.1, 0.15) is 0 Å². The van der Waals surface area contributed by atoms with Crippen LogP contribution in [0.15, 0.2) is 170 Å². The number of benzene rings is 7. The molecule has 7 aromatic carbocycles. The van der Waals surface area contributed by atoms with Crippen LogP contribution in [0.3, 0.4) is 0 Å². The molecule has 2 heteroatoms. The van der Waals surface area contributed by atoms with Crippen LogP contribution in [0.4, 0.5) is 0 Å². The van der Waals surface area contributed by atoms with E-state index < -0.39 is 0 Å². The summed E-state index contributed by atoms with van der Waals surface area (Å²) in [5, 5.41) is 7.51. The summed E-state index contributed by atoms with van der Waals surface area (Å²) in [6.07, 6.45) is 3.75. The van der Waals surface area contributed by atoms with Crippen molar-refractivity contribution in [3.05, 3.63) is 170 Å². The van der Waals surface area contributed by atoms with Gasteiger partial charge in [-0.3, -0.25) is 4.98 Å². The monoisotopic (exact) mass is 572 g/mol. The maximum absolute atomic E-state index is 4.36. The van der Waals surface area contributed by atoms with Gasteiger partial charge in [-0.2, -0.15) is 0 Å². The van der Waals surface area contributed by atoms with E-state index in [2.05, 4.69) is 161 Å². The number of hydrogen-bond donors (Lipinski definition) is 0. The van der Waals surface area contributed by atoms with Crippen molar-refractivity contribution in [2.24, 2.45) is 0 Å². The largest absolute Gasteiger partial charge is 0.309 e. The van der Waals surface area contributed by atoms with Gasteiger partial charge in [0.05, 0.1) is 11.0 Å². The molecule has 45 heavy (non-hydrogen) atoms. The van der Waals surface area contributed by atoms with Crippen LogP contribution in [-0.2, 0) is 0 Å². The summed E-state index contributed by atoms with van der Waals surface area (Å²) in [5.41, 5.74) is 10.8. The highest BCUT2D eigenvalue weighted by Crippen LogP contribution is 2.39. The van der Waals surface area contributed by atoms with Gasteiger partial charge in [-0.05, 0) is 80.4 Å². The fourth-order valence-corrected chi connectivity index (χ4v) is 6.80. The molecule has 9 aromatic rings. The van der Waals surface area contributed by atoms with Crippen molar-refractivity contribution in [3.63, 3.8) is 0 Å². The van der Waals surface area contributed by atoms with E-state index in [0.29, 0.717) is 0 Å². The zero-order chi connectivity index (χ0) is 29.7. The van der Waals surface area contributed by atoms with E-state index in [1.807, 2.05) is 18.5 Å². The third-order valence-corrected chi connectivity index (χ3v) is 9.05. The first-order valence-electron chi connectivity index (χ1n) is 15.4. The van der Waals surface area contributed by atoms with Gasteiger partial charge in [0.25, 0.3) is 0 Å². The number of nitrogens with zero attached hydrogens (tertiary/aromatic N) is 2. The number of fused-ring (bicyclic) bond motifs is 6. The lowest BCUT2D eigenvalue weighted by Crippen LogP contribution is -1.94. The molecule has 210 valence electrons. The van der Waals surface area contributed by atoms with Gasteiger partial charge in [-0.25, -0.2) is 0 Å². The van der Waals surface area contributed by atoms with Crippen molar-refractivity contribution in [1.82, 2.24) is 9.55 Å². The van der Waals surface area contributed by atoms with E-state index in [1.165, 1.54) is 65.6 Å². The van der Waals surface area contributed by atoms with Crippen molar-refractivity contribution in [2.45, 2.75) is 0 Å². The molecular formula is C43H28N2. The number of aromatic nitrogens is 2. The molecule has 0 aliphatic carbocycles. The Kier molecular flexibility index (Phi) is 5.85. The smallest absolute Gasteiger partial charge is 0.0619 e. The molecule has 9 rings (SSSR count). The molecule has 0 atom stereocenters. The normalized spacial score (nSPS) is 11.6. The topological polar surface area (TPSA) is 17.8 Å². The highest BCUT2D eigenvalue weighted by Gasteiger charge is 2.16. The van der Waals surface area contributed by atoms with Crippen LogP contribution in [-0.4, -0.2) is 9.55 Å². The van der Waals surface area contributed by atoms with Crippen LogP contribution in [0.25, 0.3) is 82.4 Å². The van der Waals surface area contributed by atoms with E-state index in [9.17, 15) is 0 Å². The predicted octanol–water partition coefficient (Wildman–Crippen LogP) is 11.5. The number of hydrogen-bond acceptors (Lipinski definition) is 1. The van der Waals surface area contributed by atoms with Crippen molar-refractivity contribution in [1.29, 1.82) is 0 Å². The zero-order valence-electron chi connectivity index (χ0n) is 24.6. The van der Waals surface area contributed by atoms with Gasteiger partial charge in [0.15, 0.2) is 0 Å². The van der Waals surface area contributed by atoms with Crippen LogP contribution in [0.5, 0.6) is 0 Å². The molecule has 0 radical (unpaired) electrons. The molecule has 0 N–H and O–H groups in total. The van der Waals surface area contributed by atoms with Gasteiger partial charge in [-0.15, -0.1) is 0 Å². The molecule has 0 saturated carbocycles. The molecule has 0 aliphatic heterocycles. The molecule has 0 amide bonds. The van der Waals surface area contributed by atoms with Crippen LogP contribution in [0.2, 0.25) is 0 Å². The number of para-hydroxylation sites is 1. The summed E-state index contributed by atoms with van der Waals surface area (Å²) in [6, 6.07) is 57.2. The molecule has 0 spiro atoms. The zero-order valence-corrected chi connectivity index (χ0v) is 24.6. The Bertz CT molecular complexity index is 2510. The van der Waals surface area contributed by atoms with E-state index in [1.54, 1.807) is 0 Å². The Labute approximate surface area is 261 Å². The van der Waals surface area contributed by atoms with Crippen LogP contribution >= 0.6 is 0 Å². The molecule has 2 heterocycles. The summed E-state index contributed by atoms with van der Waals surface area (Å²) < 4.78 is 2.42. The summed E-state index contributed by atoms with van der Waals surface area (Å²) in [5.74, 6) is 0. The Morgan fingerprint density at radius 3 is 1.73 bits per heavy atom. The number of rotatable bonds is 4. The Morgan fingerprint density at radius 1 is 0.378 bits per heavy atom. The summed E-state index contributed by atoms with van der Waals surface area (Å²) in [4.78, 5) is 4.36. The summed E-state index contributed by atoms with van der Waals surface area (Å²) >= 11 is 0. The van der Waals surface area contributed by atoms with E-state index in [-0.39, 0.29) is 0 Å². The van der Waals surface area contributed by atoms with Gasteiger partial charge in [0, 0.05) is 39.8 Å². The first-order chi connectivity index (χ1) is 22.3. The van der Waals surface area contributed by atoms with Gasteiger partial charge >= 0.3 is 0 Å². The van der Waals surface area contributed by atoms with Gasteiger partial charge in [0.2, 0.25) is 0 Å². The highest BCUT2D eigenvalue weighted by molar-refractivity contribution is 6.19. The molecule has 0 aliphatic rings. The van der Waals surface area contributed by atoms with Crippen LogP contribution < -0.4 is 0 Å². The van der Waals surface area contributed by atoms with Crippen molar-refractivity contribution in [2.75, 3.05) is 0 Å². The molecular weight excluding hydrogens is 544 g/mol. The SMILES string of the molecule is c1ccc(-n2c3cc(-c4cccnc4)ccc3c3ccc4cc(-c5ccc(-c6ccc7ccccc7c6)cc5)ccc4c32)cc1. The average Bonchev–Trinajstić information content (AvgIpc) is 3.46. The molecule has 0 fully saturated rings. The minimum absolute atomic E-state index is 1.12. The second kappa shape index (κ2) is 10.3. The third kappa shape index (κ3) is 4.30.